The van der Waals surface area contributed by atoms with Gasteiger partial charge >= 0.3 is 0 Å². The molecule has 1 aromatic carbocycles. The van der Waals surface area contributed by atoms with E-state index in [1.54, 1.807) is 31.4 Å². The molecule has 0 aliphatic carbocycles. The van der Waals surface area contributed by atoms with E-state index in [9.17, 15) is 4.79 Å². The zero-order valence-corrected chi connectivity index (χ0v) is 9.35. The van der Waals surface area contributed by atoms with Crippen LogP contribution in [0.25, 0.3) is 0 Å². The largest absolute Gasteiger partial charge is 0.508 e. The van der Waals surface area contributed by atoms with Gasteiger partial charge in [0.15, 0.2) is 5.78 Å². The second-order valence-electron chi connectivity index (χ2n) is 3.70. The normalized spacial score (nSPS) is 12.4. The molecule has 0 saturated carbocycles. The van der Waals surface area contributed by atoms with E-state index in [1.165, 1.54) is 0 Å². The van der Waals surface area contributed by atoms with Crippen molar-refractivity contribution in [2.24, 2.45) is 5.73 Å². The molecule has 4 nitrogen and oxygen atoms in total. The van der Waals surface area contributed by atoms with Crippen LogP contribution in [0.1, 0.15) is 12.0 Å². The van der Waals surface area contributed by atoms with Gasteiger partial charge in [-0.1, -0.05) is 12.1 Å². The lowest BCUT2D eigenvalue weighted by molar-refractivity contribution is -0.120. The maximum atomic E-state index is 11.7. The van der Waals surface area contributed by atoms with Crippen LogP contribution in [0.4, 0.5) is 0 Å². The van der Waals surface area contributed by atoms with E-state index in [-0.39, 0.29) is 11.5 Å². The average Bonchev–Trinajstić information content (AvgIpc) is 2.29. The maximum absolute atomic E-state index is 11.7. The highest BCUT2D eigenvalue weighted by molar-refractivity contribution is 5.85. The molecule has 3 N–H and O–H groups in total. The molecule has 1 rings (SSSR count). The summed E-state index contributed by atoms with van der Waals surface area (Å²) < 4.78 is 4.86. The molecule has 0 saturated heterocycles. The van der Waals surface area contributed by atoms with Crippen LogP contribution >= 0.6 is 0 Å². The minimum Gasteiger partial charge on any atom is -0.508 e. The van der Waals surface area contributed by atoms with Crippen molar-refractivity contribution >= 4 is 5.78 Å². The molecular weight excluding hydrogens is 206 g/mol. The van der Waals surface area contributed by atoms with Gasteiger partial charge in [0.25, 0.3) is 0 Å². The zero-order valence-electron chi connectivity index (χ0n) is 9.35. The van der Waals surface area contributed by atoms with Crippen LogP contribution in [0.2, 0.25) is 0 Å². The predicted molar refractivity (Wildman–Crippen MR) is 61.3 cm³/mol. The van der Waals surface area contributed by atoms with Gasteiger partial charge in [0, 0.05) is 20.1 Å². The summed E-state index contributed by atoms with van der Waals surface area (Å²) in [5.41, 5.74) is 6.56. The van der Waals surface area contributed by atoms with E-state index < -0.39 is 6.04 Å². The van der Waals surface area contributed by atoms with Crippen LogP contribution in [0, 0.1) is 0 Å². The van der Waals surface area contributed by atoms with Crippen molar-refractivity contribution in [3.05, 3.63) is 29.8 Å². The number of ether oxygens (including phenoxy) is 1. The number of phenolic OH excluding ortho intramolecular Hbond substituents is 1. The summed E-state index contributed by atoms with van der Waals surface area (Å²) in [5, 5.41) is 9.09. The summed E-state index contributed by atoms with van der Waals surface area (Å²) in [7, 11) is 1.58. The highest BCUT2D eigenvalue weighted by Gasteiger charge is 2.13. The number of carbonyl (C=O) groups excluding carboxylic acids is 1. The fourth-order valence-electron chi connectivity index (χ4n) is 1.35. The number of hydrogen-bond acceptors (Lipinski definition) is 4. The van der Waals surface area contributed by atoms with Crippen molar-refractivity contribution in [3.63, 3.8) is 0 Å². The molecule has 88 valence electrons. The second kappa shape index (κ2) is 6.25. The quantitative estimate of drug-likeness (QED) is 0.750. The monoisotopic (exact) mass is 223 g/mol. The summed E-state index contributed by atoms with van der Waals surface area (Å²) in [6, 6.07) is 6.08. The van der Waals surface area contributed by atoms with Gasteiger partial charge in [0.05, 0.1) is 6.04 Å². The van der Waals surface area contributed by atoms with Crippen molar-refractivity contribution in [1.29, 1.82) is 0 Å². The van der Waals surface area contributed by atoms with Crippen molar-refractivity contribution in [1.82, 2.24) is 0 Å². The molecule has 0 heterocycles. The molecule has 0 aliphatic heterocycles. The first-order chi connectivity index (χ1) is 7.63. The highest BCUT2D eigenvalue weighted by atomic mass is 16.5. The number of rotatable bonds is 6. The van der Waals surface area contributed by atoms with Gasteiger partial charge in [-0.3, -0.25) is 4.79 Å². The van der Waals surface area contributed by atoms with Crippen LogP contribution in [-0.4, -0.2) is 30.6 Å². The molecule has 0 fully saturated rings. The molecule has 0 spiro atoms. The third-order valence-electron chi connectivity index (χ3n) is 2.36. The molecule has 4 heteroatoms. The fourth-order valence-corrected chi connectivity index (χ4v) is 1.35. The third kappa shape index (κ3) is 4.00. The van der Waals surface area contributed by atoms with E-state index in [4.69, 9.17) is 15.6 Å². The summed E-state index contributed by atoms with van der Waals surface area (Å²) in [6.07, 6.45) is 0.832. The lowest BCUT2D eigenvalue weighted by Crippen LogP contribution is -2.32. The SMILES string of the molecule is COCCC(N)C(=O)Cc1ccc(O)cc1. The van der Waals surface area contributed by atoms with E-state index in [1.807, 2.05) is 0 Å². The Hall–Kier alpha value is -1.39. The smallest absolute Gasteiger partial charge is 0.153 e. The first-order valence-electron chi connectivity index (χ1n) is 5.18. The average molecular weight is 223 g/mol. The number of carbonyl (C=O) groups is 1. The maximum Gasteiger partial charge on any atom is 0.153 e. The van der Waals surface area contributed by atoms with Crippen LogP contribution in [0.3, 0.4) is 0 Å². The number of benzene rings is 1. The molecule has 1 unspecified atom stereocenters. The Morgan fingerprint density at radius 3 is 2.62 bits per heavy atom. The molecule has 1 atom stereocenters. The Bertz CT molecular complexity index is 335. The molecule has 0 aromatic heterocycles. The first kappa shape index (κ1) is 12.7. The summed E-state index contributed by atoms with van der Waals surface area (Å²) >= 11 is 0. The van der Waals surface area contributed by atoms with E-state index in [0.29, 0.717) is 19.4 Å². The predicted octanol–water partition coefficient (Wildman–Crippen LogP) is 0.868. The standard InChI is InChI=1S/C12H17NO3/c1-16-7-6-11(13)12(15)8-9-2-4-10(14)5-3-9/h2-5,11,14H,6-8,13H2,1H3. The van der Waals surface area contributed by atoms with Gasteiger partial charge in [-0.25, -0.2) is 0 Å². The lowest BCUT2D eigenvalue weighted by atomic mass is 10.0. The zero-order chi connectivity index (χ0) is 12.0. The van der Waals surface area contributed by atoms with Gasteiger partial charge in [-0.15, -0.1) is 0 Å². The molecule has 0 bridgehead atoms. The molecule has 0 radical (unpaired) electrons. The van der Waals surface area contributed by atoms with Crippen molar-refractivity contribution < 1.29 is 14.6 Å². The van der Waals surface area contributed by atoms with Gasteiger partial charge in [-0.05, 0) is 24.1 Å². The number of hydrogen-bond donors (Lipinski definition) is 2. The lowest BCUT2D eigenvalue weighted by Gasteiger charge is -2.09. The minimum atomic E-state index is -0.478. The number of nitrogens with two attached hydrogens (primary N) is 1. The molecule has 1 aromatic rings. The second-order valence-corrected chi connectivity index (χ2v) is 3.70. The third-order valence-corrected chi connectivity index (χ3v) is 2.36. The topological polar surface area (TPSA) is 72.5 Å². The summed E-state index contributed by atoms with van der Waals surface area (Å²) in [4.78, 5) is 11.7. The Kier molecular flexibility index (Phi) is 4.95. The van der Waals surface area contributed by atoms with E-state index >= 15 is 0 Å². The van der Waals surface area contributed by atoms with Crippen molar-refractivity contribution in [2.45, 2.75) is 18.9 Å². The van der Waals surface area contributed by atoms with Crippen molar-refractivity contribution in [3.8, 4) is 5.75 Å². The number of Topliss-reactive ketones (excluding diaryl/α,β-unsaturated/α-hetero) is 1. The Balaban J connectivity index is 2.47. The number of methoxy groups -OCH3 is 1. The minimum absolute atomic E-state index is 0.0114. The van der Waals surface area contributed by atoms with E-state index in [2.05, 4.69) is 0 Å². The number of aromatic hydroxyl groups is 1. The van der Waals surface area contributed by atoms with Crippen molar-refractivity contribution in [2.75, 3.05) is 13.7 Å². The molecular formula is C12H17NO3. The highest BCUT2D eigenvalue weighted by Crippen LogP contribution is 2.11. The van der Waals surface area contributed by atoms with Gasteiger partial charge in [0.2, 0.25) is 0 Å². The molecule has 16 heavy (non-hydrogen) atoms. The van der Waals surface area contributed by atoms with Gasteiger partial charge in [0.1, 0.15) is 5.75 Å². The first-order valence-corrected chi connectivity index (χ1v) is 5.18. The Morgan fingerprint density at radius 2 is 2.06 bits per heavy atom. The summed E-state index contributed by atoms with van der Waals surface area (Å²) in [5.74, 6) is 0.183. The number of ketones is 1. The van der Waals surface area contributed by atoms with Crippen LogP contribution in [-0.2, 0) is 16.0 Å². The number of phenols is 1. The van der Waals surface area contributed by atoms with Crippen LogP contribution in [0.5, 0.6) is 5.75 Å². The molecule has 0 aliphatic rings. The van der Waals surface area contributed by atoms with Gasteiger partial charge in [-0.2, -0.15) is 0 Å². The molecule has 0 amide bonds. The van der Waals surface area contributed by atoms with E-state index in [0.717, 1.165) is 5.56 Å². The van der Waals surface area contributed by atoms with Gasteiger partial charge < -0.3 is 15.6 Å². The summed E-state index contributed by atoms with van der Waals surface area (Å²) in [6.45, 7) is 0.489. The van der Waals surface area contributed by atoms with Crippen LogP contribution in [0.15, 0.2) is 24.3 Å². The van der Waals surface area contributed by atoms with Crippen LogP contribution < -0.4 is 5.73 Å². The Morgan fingerprint density at radius 1 is 1.44 bits per heavy atom. The Labute approximate surface area is 95.0 Å². The fraction of sp³-hybridized carbons (Fsp3) is 0.417.